The number of nitrogens with one attached hydrogen (secondary N) is 1. The number of amides is 2. The van der Waals surface area contributed by atoms with Crippen molar-refractivity contribution >= 4 is 39.4 Å². The molecular weight excluding hydrogens is 528 g/mol. The molecule has 3 aromatic heterocycles. The van der Waals surface area contributed by atoms with Crippen LogP contribution < -0.4 is 11.1 Å². The monoisotopic (exact) mass is 560 g/mol. The van der Waals surface area contributed by atoms with Gasteiger partial charge in [-0.15, -0.1) is 0 Å². The number of hydrogen-bond donors (Lipinski definition) is 2. The minimum Gasteiger partial charge on any atom is -0.444 e. The Morgan fingerprint density at radius 2 is 1.94 bits per heavy atom. The summed E-state index contributed by atoms with van der Waals surface area (Å²) in [7, 11) is 1.85. The molecule has 0 radical (unpaired) electrons. The Morgan fingerprint density at radius 3 is 2.56 bits per heavy atom. The van der Waals surface area contributed by atoms with Crippen LogP contribution >= 0.6 is 15.9 Å². The SMILES string of the molecule is CC(C)NC(=O)[C@@H]1CC[C@H](c2nc3c(-c4cnn(C)c4)cnn3c(N)c2Br)CN1C(=O)OC(C)(C)C. The van der Waals surface area contributed by atoms with Gasteiger partial charge in [0, 0.05) is 42.9 Å². The molecule has 0 saturated carbocycles. The fourth-order valence-electron chi connectivity index (χ4n) is 4.42. The fourth-order valence-corrected chi connectivity index (χ4v) is 5.00. The van der Waals surface area contributed by atoms with Crippen LogP contribution in [0.5, 0.6) is 0 Å². The van der Waals surface area contributed by atoms with Crippen molar-refractivity contribution in [3.05, 3.63) is 28.8 Å². The summed E-state index contributed by atoms with van der Waals surface area (Å²) in [4.78, 5) is 32.6. The van der Waals surface area contributed by atoms with Crippen LogP contribution in [0.15, 0.2) is 23.1 Å². The highest BCUT2D eigenvalue weighted by molar-refractivity contribution is 9.10. The van der Waals surface area contributed by atoms with E-state index in [0.717, 1.165) is 11.1 Å². The molecule has 0 spiro atoms. The van der Waals surface area contributed by atoms with Crippen molar-refractivity contribution in [3.63, 3.8) is 0 Å². The third-order valence-corrected chi connectivity index (χ3v) is 6.81. The third-order valence-electron chi connectivity index (χ3n) is 5.99. The highest BCUT2D eigenvalue weighted by atomic mass is 79.9. The molecule has 12 heteroatoms. The predicted molar refractivity (Wildman–Crippen MR) is 139 cm³/mol. The van der Waals surface area contributed by atoms with E-state index in [1.807, 2.05) is 47.9 Å². The number of carbonyl (C=O) groups is 2. The van der Waals surface area contributed by atoms with Crippen LogP contribution in [-0.4, -0.2) is 65.5 Å². The first-order valence-electron chi connectivity index (χ1n) is 12.0. The molecule has 0 unspecified atom stereocenters. The van der Waals surface area contributed by atoms with Crippen molar-refractivity contribution in [1.29, 1.82) is 0 Å². The summed E-state index contributed by atoms with van der Waals surface area (Å²) >= 11 is 3.61. The number of aromatic nitrogens is 5. The van der Waals surface area contributed by atoms with Gasteiger partial charge in [-0.05, 0) is 63.4 Å². The number of likely N-dealkylation sites (tertiary alicyclic amines) is 1. The first-order chi connectivity index (χ1) is 16.9. The van der Waals surface area contributed by atoms with Crippen LogP contribution in [0.3, 0.4) is 0 Å². The van der Waals surface area contributed by atoms with Gasteiger partial charge in [0.25, 0.3) is 0 Å². The first-order valence-corrected chi connectivity index (χ1v) is 12.8. The molecule has 11 nitrogen and oxygen atoms in total. The molecule has 1 fully saturated rings. The van der Waals surface area contributed by atoms with E-state index in [9.17, 15) is 9.59 Å². The van der Waals surface area contributed by atoms with E-state index >= 15 is 0 Å². The van der Waals surface area contributed by atoms with E-state index in [1.54, 1.807) is 21.6 Å². The largest absolute Gasteiger partial charge is 0.444 e. The van der Waals surface area contributed by atoms with Crippen molar-refractivity contribution in [3.8, 4) is 11.1 Å². The standard InChI is InChI=1S/C24H33BrN8O3/c1-13(2)29-22(34)17-8-7-14(12-32(17)23(35)36-24(3,4)5)19-18(25)20(26)33-21(30-19)16(10-28-33)15-9-27-31(6)11-15/h9-11,13-14,17H,7-8,12,26H2,1-6H3,(H,29,34)/t14-,17-/m0/s1. The molecule has 1 saturated heterocycles. The molecule has 1 aliphatic heterocycles. The van der Waals surface area contributed by atoms with Crippen LogP contribution in [0.4, 0.5) is 10.6 Å². The van der Waals surface area contributed by atoms with Gasteiger partial charge in [-0.1, -0.05) is 0 Å². The van der Waals surface area contributed by atoms with E-state index in [0.29, 0.717) is 34.5 Å². The average molecular weight is 561 g/mol. The number of nitrogens with zero attached hydrogens (tertiary/aromatic N) is 6. The fraction of sp³-hybridized carbons (Fsp3) is 0.542. The number of piperidine rings is 1. The smallest absolute Gasteiger partial charge is 0.410 e. The minimum atomic E-state index is -0.693. The van der Waals surface area contributed by atoms with Crippen LogP contribution in [0.1, 0.15) is 59.1 Å². The molecule has 1 aliphatic rings. The second-order valence-electron chi connectivity index (χ2n) is 10.5. The number of hydrogen-bond acceptors (Lipinski definition) is 7. The number of fused-ring (bicyclic) bond motifs is 1. The van der Waals surface area contributed by atoms with Gasteiger partial charge in [0.05, 0.1) is 22.6 Å². The molecule has 0 aliphatic carbocycles. The first kappa shape index (κ1) is 25.9. The lowest BCUT2D eigenvalue weighted by Crippen LogP contribution is -2.55. The Hall–Kier alpha value is -3.15. The Labute approximate surface area is 218 Å². The summed E-state index contributed by atoms with van der Waals surface area (Å²) in [6.45, 7) is 9.48. The highest BCUT2D eigenvalue weighted by Crippen LogP contribution is 2.38. The Morgan fingerprint density at radius 1 is 1.22 bits per heavy atom. The van der Waals surface area contributed by atoms with Crippen molar-refractivity contribution in [2.24, 2.45) is 7.05 Å². The summed E-state index contributed by atoms with van der Waals surface area (Å²) in [5, 5.41) is 11.6. The normalized spacial score (nSPS) is 18.6. The molecule has 2 amide bonds. The lowest BCUT2D eigenvalue weighted by Gasteiger charge is -2.39. The molecule has 194 valence electrons. The van der Waals surface area contributed by atoms with Crippen LogP contribution in [0, 0.1) is 0 Å². The van der Waals surface area contributed by atoms with Gasteiger partial charge in [0.1, 0.15) is 17.5 Å². The van der Waals surface area contributed by atoms with E-state index in [-0.39, 0.29) is 24.4 Å². The molecule has 3 N–H and O–H groups in total. The quantitative estimate of drug-likeness (QED) is 0.499. The number of nitrogens with two attached hydrogens (primary N) is 1. The molecule has 0 aromatic carbocycles. The number of nitrogen functional groups attached to an aromatic ring is 1. The summed E-state index contributed by atoms with van der Waals surface area (Å²) < 4.78 is 9.58. The van der Waals surface area contributed by atoms with Gasteiger partial charge in [-0.3, -0.25) is 14.4 Å². The summed E-state index contributed by atoms with van der Waals surface area (Å²) in [5.74, 6) is 0.0542. The van der Waals surface area contributed by atoms with Gasteiger partial charge in [-0.2, -0.15) is 14.7 Å². The molecule has 2 atom stereocenters. The number of rotatable bonds is 4. The molecule has 4 heterocycles. The summed E-state index contributed by atoms with van der Waals surface area (Å²) in [5.41, 5.74) is 8.75. The summed E-state index contributed by atoms with van der Waals surface area (Å²) in [6.07, 6.45) is 5.94. The van der Waals surface area contributed by atoms with Crippen LogP contribution in [0.25, 0.3) is 16.8 Å². The van der Waals surface area contributed by atoms with Crippen LogP contribution in [0.2, 0.25) is 0 Å². The van der Waals surface area contributed by atoms with E-state index in [2.05, 4.69) is 31.4 Å². The Kier molecular flexibility index (Phi) is 7.00. The second-order valence-corrected chi connectivity index (χ2v) is 11.3. The summed E-state index contributed by atoms with van der Waals surface area (Å²) in [6, 6.07) is -0.666. The lowest BCUT2D eigenvalue weighted by atomic mass is 9.89. The predicted octanol–water partition coefficient (Wildman–Crippen LogP) is 3.48. The molecule has 4 rings (SSSR count). The number of carbonyl (C=O) groups excluding carboxylic acids is 2. The maximum absolute atomic E-state index is 13.2. The van der Waals surface area contributed by atoms with Gasteiger partial charge < -0.3 is 15.8 Å². The minimum absolute atomic E-state index is 0.0403. The highest BCUT2D eigenvalue weighted by Gasteiger charge is 2.40. The topological polar surface area (TPSA) is 133 Å². The Balaban J connectivity index is 1.72. The zero-order chi connectivity index (χ0) is 26.4. The van der Waals surface area contributed by atoms with Crippen molar-refractivity contribution in [1.82, 2.24) is 34.6 Å². The zero-order valence-corrected chi connectivity index (χ0v) is 23.0. The third kappa shape index (κ3) is 5.18. The van der Waals surface area contributed by atoms with Gasteiger partial charge in [0.2, 0.25) is 5.91 Å². The Bertz CT molecular complexity index is 1290. The van der Waals surface area contributed by atoms with Gasteiger partial charge in [0.15, 0.2) is 5.65 Å². The number of aryl methyl sites for hydroxylation is 1. The van der Waals surface area contributed by atoms with Crippen LogP contribution in [-0.2, 0) is 16.6 Å². The number of anilines is 1. The van der Waals surface area contributed by atoms with E-state index in [4.69, 9.17) is 15.5 Å². The maximum Gasteiger partial charge on any atom is 0.410 e. The van der Waals surface area contributed by atoms with Crippen molar-refractivity contribution in [2.45, 2.75) is 71.1 Å². The number of ether oxygens (including phenoxy) is 1. The number of halogens is 1. The molecular formula is C24H33BrN8O3. The van der Waals surface area contributed by atoms with Gasteiger partial charge >= 0.3 is 6.09 Å². The van der Waals surface area contributed by atoms with E-state index in [1.165, 1.54) is 4.90 Å². The average Bonchev–Trinajstić information content (AvgIpc) is 3.40. The van der Waals surface area contributed by atoms with E-state index < -0.39 is 17.7 Å². The van der Waals surface area contributed by atoms with Crippen molar-refractivity contribution < 1.29 is 14.3 Å². The van der Waals surface area contributed by atoms with Crippen molar-refractivity contribution in [2.75, 3.05) is 12.3 Å². The maximum atomic E-state index is 13.2. The molecule has 3 aromatic rings. The molecule has 0 bridgehead atoms. The zero-order valence-electron chi connectivity index (χ0n) is 21.4. The lowest BCUT2D eigenvalue weighted by molar-refractivity contribution is -0.128. The molecule has 36 heavy (non-hydrogen) atoms. The van der Waals surface area contributed by atoms with Gasteiger partial charge in [-0.25, -0.2) is 9.78 Å². The second kappa shape index (κ2) is 9.72.